The number of carbonyl (C=O) groups is 1. The summed E-state index contributed by atoms with van der Waals surface area (Å²) in [5, 5.41) is 3.08. The fraction of sp³-hybridized carbons (Fsp3) is 0.208. The number of amides is 1. The summed E-state index contributed by atoms with van der Waals surface area (Å²) >= 11 is 1.81. The molecule has 1 N–H and O–H groups in total. The van der Waals surface area contributed by atoms with Crippen LogP contribution in [0.15, 0.2) is 71.6 Å². The maximum atomic E-state index is 12.6. The average molecular weight is 376 g/mol. The summed E-state index contributed by atoms with van der Waals surface area (Å²) in [4.78, 5) is 13.9. The zero-order chi connectivity index (χ0) is 19.2. The SMILES string of the molecule is CCc1cccc(C)c1NC(=O)c1ccc(CSc2ccc(C)cc2)cc1. The minimum Gasteiger partial charge on any atom is -0.321 e. The van der Waals surface area contributed by atoms with Crippen molar-refractivity contribution in [3.63, 3.8) is 0 Å². The normalized spacial score (nSPS) is 10.6. The van der Waals surface area contributed by atoms with E-state index in [2.05, 4.69) is 49.5 Å². The van der Waals surface area contributed by atoms with Gasteiger partial charge in [0.25, 0.3) is 5.91 Å². The molecule has 0 aliphatic carbocycles. The van der Waals surface area contributed by atoms with Crippen molar-refractivity contribution in [1.29, 1.82) is 0 Å². The summed E-state index contributed by atoms with van der Waals surface area (Å²) in [6.07, 6.45) is 0.895. The second-order valence-electron chi connectivity index (χ2n) is 6.72. The molecule has 0 spiro atoms. The second-order valence-corrected chi connectivity index (χ2v) is 7.76. The van der Waals surface area contributed by atoms with E-state index >= 15 is 0 Å². The third kappa shape index (κ3) is 5.01. The van der Waals surface area contributed by atoms with Crippen molar-refractivity contribution in [3.05, 3.63) is 94.5 Å². The minimum absolute atomic E-state index is 0.0586. The molecule has 2 nitrogen and oxygen atoms in total. The lowest BCUT2D eigenvalue weighted by molar-refractivity contribution is 0.102. The van der Waals surface area contributed by atoms with Crippen LogP contribution in [0.4, 0.5) is 5.69 Å². The summed E-state index contributed by atoms with van der Waals surface area (Å²) in [5.74, 6) is 0.833. The number of hydrogen-bond acceptors (Lipinski definition) is 2. The molecule has 3 rings (SSSR count). The van der Waals surface area contributed by atoms with Crippen molar-refractivity contribution >= 4 is 23.4 Å². The van der Waals surface area contributed by atoms with Gasteiger partial charge in [-0.3, -0.25) is 4.79 Å². The summed E-state index contributed by atoms with van der Waals surface area (Å²) in [6.45, 7) is 6.23. The molecule has 27 heavy (non-hydrogen) atoms. The highest BCUT2D eigenvalue weighted by Gasteiger charge is 2.10. The largest absolute Gasteiger partial charge is 0.321 e. The number of thioether (sulfide) groups is 1. The first-order valence-corrected chi connectivity index (χ1v) is 10.2. The van der Waals surface area contributed by atoms with E-state index in [1.807, 2.05) is 43.3 Å². The standard InChI is InChI=1S/C24H25NOS/c1-4-20-7-5-6-18(3)23(20)25-24(26)21-12-10-19(11-13-21)16-27-22-14-8-17(2)9-15-22/h5-15H,4,16H2,1-3H3,(H,25,26). The number of carbonyl (C=O) groups excluding carboxylic acids is 1. The molecule has 1 amide bonds. The van der Waals surface area contributed by atoms with Gasteiger partial charge in [0.15, 0.2) is 0 Å². The Bertz CT molecular complexity index is 914. The molecular weight excluding hydrogens is 350 g/mol. The second kappa shape index (κ2) is 8.92. The van der Waals surface area contributed by atoms with E-state index in [-0.39, 0.29) is 5.91 Å². The Morgan fingerprint density at radius 3 is 2.30 bits per heavy atom. The van der Waals surface area contributed by atoms with E-state index in [4.69, 9.17) is 0 Å². The molecule has 138 valence electrons. The van der Waals surface area contributed by atoms with Gasteiger partial charge in [0.05, 0.1) is 0 Å². The van der Waals surface area contributed by atoms with Crippen molar-refractivity contribution in [1.82, 2.24) is 0 Å². The molecule has 0 saturated carbocycles. The molecule has 0 aliphatic rings. The fourth-order valence-electron chi connectivity index (χ4n) is 2.94. The van der Waals surface area contributed by atoms with Crippen molar-refractivity contribution in [2.45, 2.75) is 37.8 Å². The first-order chi connectivity index (χ1) is 13.1. The molecule has 0 bridgehead atoms. The number of nitrogens with one attached hydrogen (secondary N) is 1. The number of rotatable bonds is 6. The van der Waals surface area contributed by atoms with Crippen LogP contribution in [0.5, 0.6) is 0 Å². The van der Waals surface area contributed by atoms with Crippen LogP contribution in [0.25, 0.3) is 0 Å². The predicted molar refractivity (Wildman–Crippen MR) is 116 cm³/mol. The highest BCUT2D eigenvalue weighted by Crippen LogP contribution is 2.24. The van der Waals surface area contributed by atoms with Gasteiger partial charge in [0, 0.05) is 21.9 Å². The van der Waals surface area contributed by atoms with E-state index in [0.29, 0.717) is 5.56 Å². The Hall–Kier alpha value is -2.52. The Balaban J connectivity index is 1.64. The monoisotopic (exact) mass is 375 g/mol. The van der Waals surface area contributed by atoms with E-state index in [1.165, 1.54) is 16.0 Å². The molecule has 3 aromatic carbocycles. The topological polar surface area (TPSA) is 29.1 Å². The molecular formula is C24H25NOS. The molecule has 0 aliphatic heterocycles. The average Bonchev–Trinajstić information content (AvgIpc) is 2.69. The maximum Gasteiger partial charge on any atom is 0.255 e. The molecule has 0 heterocycles. The predicted octanol–water partition coefficient (Wildman–Crippen LogP) is 6.41. The van der Waals surface area contributed by atoms with Gasteiger partial charge in [0.2, 0.25) is 0 Å². The van der Waals surface area contributed by atoms with Crippen LogP contribution in [-0.2, 0) is 12.2 Å². The lowest BCUT2D eigenvalue weighted by atomic mass is 10.1. The number of anilines is 1. The van der Waals surface area contributed by atoms with Gasteiger partial charge in [-0.25, -0.2) is 0 Å². The third-order valence-corrected chi connectivity index (χ3v) is 5.70. The van der Waals surface area contributed by atoms with E-state index in [9.17, 15) is 4.79 Å². The molecule has 0 saturated heterocycles. The van der Waals surface area contributed by atoms with Crippen LogP contribution in [-0.4, -0.2) is 5.91 Å². The van der Waals surface area contributed by atoms with Gasteiger partial charge in [-0.05, 0) is 61.2 Å². The Morgan fingerprint density at radius 2 is 1.63 bits per heavy atom. The van der Waals surface area contributed by atoms with Gasteiger partial charge in [-0.15, -0.1) is 11.8 Å². The number of benzene rings is 3. The molecule has 0 atom stereocenters. The number of hydrogen-bond donors (Lipinski definition) is 1. The van der Waals surface area contributed by atoms with Gasteiger partial charge >= 0.3 is 0 Å². The van der Waals surface area contributed by atoms with E-state index in [1.54, 1.807) is 11.8 Å². The maximum absolute atomic E-state index is 12.6. The van der Waals surface area contributed by atoms with Gasteiger partial charge in [0.1, 0.15) is 0 Å². The number of para-hydroxylation sites is 1. The molecule has 0 unspecified atom stereocenters. The summed E-state index contributed by atoms with van der Waals surface area (Å²) in [5.41, 5.74) is 6.36. The first-order valence-electron chi connectivity index (χ1n) is 9.25. The van der Waals surface area contributed by atoms with Crippen LogP contribution in [0.3, 0.4) is 0 Å². The van der Waals surface area contributed by atoms with E-state index < -0.39 is 0 Å². The van der Waals surface area contributed by atoms with Crippen LogP contribution in [0.1, 0.15) is 39.5 Å². The molecule has 0 fully saturated rings. The van der Waals surface area contributed by atoms with Crippen molar-refractivity contribution in [2.75, 3.05) is 5.32 Å². The smallest absolute Gasteiger partial charge is 0.255 e. The van der Waals surface area contributed by atoms with Gasteiger partial charge in [-0.1, -0.05) is 55.0 Å². The highest BCUT2D eigenvalue weighted by atomic mass is 32.2. The molecule has 0 radical (unpaired) electrons. The minimum atomic E-state index is -0.0586. The zero-order valence-electron chi connectivity index (χ0n) is 16.1. The van der Waals surface area contributed by atoms with Crippen LogP contribution >= 0.6 is 11.8 Å². The Morgan fingerprint density at radius 1 is 0.926 bits per heavy atom. The van der Waals surface area contributed by atoms with Crippen LogP contribution in [0, 0.1) is 13.8 Å². The van der Waals surface area contributed by atoms with Crippen molar-refractivity contribution in [2.24, 2.45) is 0 Å². The van der Waals surface area contributed by atoms with Gasteiger partial charge in [-0.2, -0.15) is 0 Å². The quantitative estimate of drug-likeness (QED) is 0.504. The molecule has 3 heteroatoms. The zero-order valence-corrected chi connectivity index (χ0v) is 16.9. The molecule has 3 aromatic rings. The molecule has 0 aromatic heterocycles. The van der Waals surface area contributed by atoms with Gasteiger partial charge < -0.3 is 5.32 Å². The first kappa shape index (κ1) is 19.2. The highest BCUT2D eigenvalue weighted by molar-refractivity contribution is 7.98. The van der Waals surface area contributed by atoms with Crippen LogP contribution < -0.4 is 5.32 Å². The van der Waals surface area contributed by atoms with Crippen molar-refractivity contribution in [3.8, 4) is 0 Å². The fourth-order valence-corrected chi connectivity index (χ4v) is 3.80. The Labute approximate surface area is 166 Å². The van der Waals surface area contributed by atoms with Crippen LogP contribution in [0.2, 0.25) is 0 Å². The van der Waals surface area contributed by atoms with E-state index in [0.717, 1.165) is 29.0 Å². The third-order valence-electron chi connectivity index (χ3n) is 4.62. The van der Waals surface area contributed by atoms with Crippen molar-refractivity contribution < 1.29 is 4.79 Å². The lowest BCUT2D eigenvalue weighted by Crippen LogP contribution is -2.14. The summed E-state index contributed by atoms with van der Waals surface area (Å²) < 4.78 is 0. The lowest BCUT2D eigenvalue weighted by Gasteiger charge is -2.13. The summed E-state index contributed by atoms with van der Waals surface area (Å²) in [7, 11) is 0. The Kier molecular flexibility index (Phi) is 6.36. The number of aryl methyl sites for hydroxylation is 3. The summed E-state index contributed by atoms with van der Waals surface area (Å²) in [6, 6.07) is 22.6.